The SMILES string of the molecule is C/C=N/N(C)c1cc(=O)[nH]c(=O)[nH]1. The third-order valence-corrected chi connectivity index (χ3v) is 1.38. The Morgan fingerprint density at radius 2 is 2.15 bits per heavy atom. The molecule has 0 unspecified atom stereocenters. The van der Waals surface area contributed by atoms with Crippen LogP contribution in [-0.2, 0) is 0 Å². The highest BCUT2D eigenvalue weighted by atomic mass is 16.2. The van der Waals surface area contributed by atoms with Gasteiger partial charge in [0.1, 0.15) is 5.82 Å². The molecule has 1 aromatic rings. The molecule has 0 aromatic carbocycles. The van der Waals surface area contributed by atoms with Crippen LogP contribution in [0.25, 0.3) is 0 Å². The number of aromatic nitrogens is 2. The Hall–Kier alpha value is -1.85. The van der Waals surface area contributed by atoms with Gasteiger partial charge in [-0.2, -0.15) is 5.10 Å². The lowest BCUT2D eigenvalue weighted by Crippen LogP contribution is -2.25. The summed E-state index contributed by atoms with van der Waals surface area (Å²) >= 11 is 0. The number of nitrogens with one attached hydrogen (secondary N) is 2. The van der Waals surface area contributed by atoms with Gasteiger partial charge in [-0.05, 0) is 6.92 Å². The number of aromatic amines is 2. The van der Waals surface area contributed by atoms with Crippen LogP contribution in [0.2, 0.25) is 0 Å². The van der Waals surface area contributed by atoms with Crippen LogP contribution in [0.5, 0.6) is 0 Å². The summed E-state index contributed by atoms with van der Waals surface area (Å²) in [5.41, 5.74) is -0.988. The van der Waals surface area contributed by atoms with Crippen LogP contribution in [0, 0.1) is 0 Å². The van der Waals surface area contributed by atoms with E-state index in [1.807, 2.05) is 0 Å². The zero-order valence-electron chi connectivity index (χ0n) is 7.37. The molecule has 2 N–H and O–H groups in total. The molecule has 0 aliphatic rings. The van der Waals surface area contributed by atoms with E-state index in [0.717, 1.165) is 0 Å². The minimum absolute atomic E-state index is 0.354. The highest BCUT2D eigenvalue weighted by Gasteiger charge is 1.99. The minimum Gasteiger partial charge on any atom is -0.292 e. The molecule has 0 amide bonds. The Bertz CT molecular complexity index is 389. The summed E-state index contributed by atoms with van der Waals surface area (Å²) < 4.78 is 0. The fraction of sp³-hybridized carbons (Fsp3) is 0.286. The molecule has 0 saturated carbocycles. The predicted octanol–water partition coefficient (Wildman–Crippen LogP) is -0.495. The topological polar surface area (TPSA) is 81.3 Å². The molecular formula is C7H10N4O2. The van der Waals surface area contributed by atoms with E-state index in [0.29, 0.717) is 5.82 Å². The molecule has 1 aromatic heterocycles. The lowest BCUT2D eigenvalue weighted by Gasteiger charge is -2.10. The number of anilines is 1. The van der Waals surface area contributed by atoms with Gasteiger partial charge in [0.2, 0.25) is 0 Å². The molecule has 0 atom stereocenters. The molecule has 0 saturated heterocycles. The second-order valence-corrected chi connectivity index (χ2v) is 2.37. The molecule has 1 rings (SSSR count). The van der Waals surface area contributed by atoms with Crippen molar-refractivity contribution in [3.63, 3.8) is 0 Å². The van der Waals surface area contributed by atoms with Gasteiger partial charge in [0.25, 0.3) is 5.56 Å². The van der Waals surface area contributed by atoms with Gasteiger partial charge in [0.15, 0.2) is 0 Å². The molecule has 0 fully saturated rings. The van der Waals surface area contributed by atoms with Crippen molar-refractivity contribution in [1.82, 2.24) is 9.97 Å². The first-order valence-electron chi connectivity index (χ1n) is 3.69. The van der Waals surface area contributed by atoms with Crippen molar-refractivity contribution < 1.29 is 0 Å². The maximum atomic E-state index is 10.9. The summed E-state index contributed by atoms with van der Waals surface area (Å²) in [5.74, 6) is 0.354. The number of rotatable bonds is 2. The summed E-state index contributed by atoms with van der Waals surface area (Å²) in [6, 6.07) is 1.26. The number of hydrogen-bond donors (Lipinski definition) is 2. The summed E-state index contributed by atoms with van der Waals surface area (Å²) in [6.07, 6.45) is 1.56. The predicted molar refractivity (Wildman–Crippen MR) is 50.3 cm³/mol. The Kier molecular flexibility index (Phi) is 2.63. The fourth-order valence-electron chi connectivity index (χ4n) is 0.866. The monoisotopic (exact) mass is 182 g/mol. The molecule has 6 nitrogen and oxygen atoms in total. The summed E-state index contributed by atoms with van der Waals surface area (Å²) in [6.45, 7) is 1.74. The van der Waals surface area contributed by atoms with Gasteiger partial charge in [-0.25, -0.2) is 4.79 Å². The van der Waals surface area contributed by atoms with E-state index >= 15 is 0 Å². The second-order valence-electron chi connectivity index (χ2n) is 2.37. The van der Waals surface area contributed by atoms with Crippen molar-refractivity contribution in [2.75, 3.05) is 12.1 Å². The largest absolute Gasteiger partial charge is 0.327 e. The summed E-state index contributed by atoms with van der Waals surface area (Å²) in [5, 5.41) is 5.26. The van der Waals surface area contributed by atoms with E-state index in [4.69, 9.17) is 0 Å². The van der Waals surface area contributed by atoms with E-state index in [9.17, 15) is 9.59 Å². The number of hydrazone groups is 1. The van der Waals surface area contributed by atoms with E-state index < -0.39 is 11.2 Å². The average molecular weight is 182 g/mol. The van der Waals surface area contributed by atoms with Crippen LogP contribution in [0.1, 0.15) is 6.92 Å². The van der Waals surface area contributed by atoms with Crippen LogP contribution in [0.15, 0.2) is 20.8 Å². The maximum Gasteiger partial charge on any atom is 0.327 e. The van der Waals surface area contributed by atoms with E-state index in [1.54, 1.807) is 20.2 Å². The van der Waals surface area contributed by atoms with E-state index in [1.165, 1.54) is 11.1 Å². The van der Waals surface area contributed by atoms with Crippen LogP contribution < -0.4 is 16.3 Å². The standard InChI is InChI=1S/C7H10N4O2/c1-3-8-11(2)5-4-6(12)10-7(13)9-5/h3-4H,1-2H3,(H2,9,10,12,13)/b8-3+. The highest BCUT2D eigenvalue weighted by molar-refractivity contribution is 5.55. The Morgan fingerprint density at radius 3 is 2.69 bits per heavy atom. The molecule has 0 spiro atoms. The molecule has 0 bridgehead atoms. The zero-order chi connectivity index (χ0) is 9.84. The van der Waals surface area contributed by atoms with Crippen molar-refractivity contribution in [2.45, 2.75) is 6.92 Å². The normalized spacial score (nSPS) is 10.6. The van der Waals surface area contributed by atoms with Gasteiger partial charge in [-0.3, -0.25) is 19.8 Å². The first-order chi connectivity index (χ1) is 6.13. The molecule has 1 heterocycles. The third kappa shape index (κ3) is 2.29. The van der Waals surface area contributed by atoms with Crippen molar-refractivity contribution in [1.29, 1.82) is 0 Å². The zero-order valence-corrected chi connectivity index (χ0v) is 7.37. The Morgan fingerprint density at radius 1 is 1.46 bits per heavy atom. The fourth-order valence-corrected chi connectivity index (χ4v) is 0.866. The van der Waals surface area contributed by atoms with E-state index in [2.05, 4.69) is 15.1 Å². The lowest BCUT2D eigenvalue weighted by molar-refractivity contribution is 0.932. The van der Waals surface area contributed by atoms with Crippen LogP contribution in [0.3, 0.4) is 0 Å². The number of hydrogen-bond acceptors (Lipinski definition) is 4. The quantitative estimate of drug-likeness (QED) is 0.478. The van der Waals surface area contributed by atoms with Gasteiger partial charge in [0, 0.05) is 19.3 Å². The lowest BCUT2D eigenvalue weighted by atomic mass is 10.6. The van der Waals surface area contributed by atoms with Gasteiger partial charge in [-0.1, -0.05) is 0 Å². The van der Waals surface area contributed by atoms with Crippen molar-refractivity contribution in [3.8, 4) is 0 Å². The second kappa shape index (κ2) is 3.70. The van der Waals surface area contributed by atoms with Crippen LogP contribution in [0.4, 0.5) is 5.82 Å². The molecule has 0 aliphatic carbocycles. The molecule has 6 heteroatoms. The average Bonchev–Trinajstić information content (AvgIpc) is 2.03. The first kappa shape index (κ1) is 9.24. The molecular weight excluding hydrogens is 172 g/mol. The van der Waals surface area contributed by atoms with Crippen molar-refractivity contribution in [2.24, 2.45) is 5.10 Å². The molecule has 70 valence electrons. The van der Waals surface area contributed by atoms with E-state index in [-0.39, 0.29) is 0 Å². The third-order valence-electron chi connectivity index (χ3n) is 1.38. The van der Waals surface area contributed by atoms with Crippen LogP contribution >= 0.6 is 0 Å². The number of H-pyrrole nitrogens is 2. The van der Waals surface area contributed by atoms with Gasteiger partial charge >= 0.3 is 5.69 Å². The first-order valence-corrected chi connectivity index (χ1v) is 3.69. The van der Waals surface area contributed by atoms with Crippen LogP contribution in [-0.4, -0.2) is 23.2 Å². The Balaban J connectivity index is 3.15. The maximum absolute atomic E-state index is 10.9. The number of nitrogens with zero attached hydrogens (tertiary/aromatic N) is 2. The highest BCUT2D eigenvalue weighted by Crippen LogP contribution is 2.00. The van der Waals surface area contributed by atoms with Gasteiger partial charge in [0.05, 0.1) is 0 Å². The van der Waals surface area contributed by atoms with Gasteiger partial charge < -0.3 is 0 Å². The smallest absolute Gasteiger partial charge is 0.292 e. The molecule has 0 radical (unpaired) electrons. The van der Waals surface area contributed by atoms with Gasteiger partial charge in [-0.15, -0.1) is 0 Å². The summed E-state index contributed by atoms with van der Waals surface area (Å²) in [7, 11) is 1.63. The Labute approximate surface area is 73.9 Å². The van der Waals surface area contributed by atoms with Crippen molar-refractivity contribution >= 4 is 12.0 Å². The summed E-state index contributed by atoms with van der Waals surface area (Å²) in [4.78, 5) is 26.2. The molecule has 13 heavy (non-hydrogen) atoms. The minimum atomic E-state index is -0.541. The molecule has 0 aliphatic heterocycles. The van der Waals surface area contributed by atoms with Crippen molar-refractivity contribution in [3.05, 3.63) is 26.9 Å².